The van der Waals surface area contributed by atoms with Crippen molar-refractivity contribution in [1.82, 2.24) is 0 Å². The standard InChI is InChI=1S/C9H12OS/c1-5-4-8-6(2)10-7(3)9(8)11-5/h5H,4H2,1-3H3. The minimum atomic E-state index is 0.744. The summed E-state index contributed by atoms with van der Waals surface area (Å²) in [6, 6.07) is 0. The molecule has 2 rings (SSSR count). The first-order valence-corrected chi connectivity index (χ1v) is 4.82. The molecule has 0 N–H and O–H groups in total. The van der Waals surface area contributed by atoms with Gasteiger partial charge >= 0.3 is 0 Å². The molecular formula is C9H12OS. The number of fused-ring (bicyclic) bond motifs is 1. The molecule has 0 fully saturated rings. The zero-order valence-corrected chi connectivity index (χ0v) is 7.92. The minimum Gasteiger partial charge on any atom is -0.465 e. The first kappa shape index (κ1) is 7.29. The Morgan fingerprint density at radius 1 is 1.36 bits per heavy atom. The van der Waals surface area contributed by atoms with Gasteiger partial charge in [0.25, 0.3) is 0 Å². The molecule has 1 unspecified atom stereocenters. The maximum absolute atomic E-state index is 5.51. The van der Waals surface area contributed by atoms with E-state index in [-0.39, 0.29) is 0 Å². The molecule has 60 valence electrons. The second-order valence-electron chi connectivity index (χ2n) is 3.15. The van der Waals surface area contributed by atoms with Crippen LogP contribution in [0, 0.1) is 13.8 Å². The molecule has 1 aliphatic rings. The number of thioether (sulfide) groups is 1. The SMILES string of the molecule is Cc1oc(C)c2c1CC(C)S2. The predicted molar refractivity (Wildman–Crippen MR) is 47.2 cm³/mol. The summed E-state index contributed by atoms with van der Waals surface area (Å²) in [5, 5.41) is 0.744. The Morgan fingerprint density at radius 2 is 2.09 bits per heavy atom. The lowest BCUT2D eigenvalue weighted by Crippen LogP contribution is -1.92. The lowest BCUT2D eigenvalue weighted by Gasteiger charge is -1.97. The van der Waals surface area contributed by atoms with E-state index in [2.05, 4.69) is 20.8 Å². The summed E-state index contributed by atoms with van der Waals surface area (Å²) in [5.74, 6) is 2.22. The molecule has 1 aromatic rings. The molecule has 0 aromatic carbocycles. The molecule has 0 spiro atoms. The molecule has 1 atom stereocenters. The van der Waals surface area contributed by atoms with Gasteiger partial charge in [-0.3, -0.25) is 0 Å². The van der Waals surface area contributed by atoms with Gasteiger partial charge in [0.15, 0.2) is 0 Å². The zero-order valence-electron chi connectivity index (χ0n) is 7.10. The maximum atomic E-state index is 5.51. The molecule has 1 aliphatic heterocycles. The molecule has 0 amide bonds. The largest absolute Gasteiger partial charge is 0.465 e. The number of rotatable bonds is 0. The normalized spacial score (nSPS) is 22.3. The van der Waals surface area contributed by atoms with Gasteiger partial charge in [0.1, 0.15) is 11.5 Å². The van der Waals surface area contributed by atoms with Crippen LogP contribution in [0.3, 0.4) is 0 Å². The molecule has 1 nitrogen and oxygen atoms in total. The fourth-order valence-electron chi connectivity index (χ4n) is 1.63. The molecule has 0 aliphatic carbocycles. The summed E-state index contributed by atoms with van der Waals surface area (Å²) in [6.07, 6.45) is 1.18. The van der Waals surface area contributed by atoms with Crippen LogP contribution in [0.15, 0.2) is 9.31 Å². The molecule has 0 saturated heterocycles. The number of furan rings is 1. The number of hydrogen-bond donors (Lipinski definition) is 0. The lowest BCUT2D eigenvalue weighted by molar-refractivity contribution is 0.495. The first-order valence-electron chi connectivity index (χ1n) is 3.94. The fraction of sp³-hybridized carbons (Fsp3) is 0.556. The Labute approximate surface area is 71.2 Å². The van der Waals surface area contributed by atoms with Crippen LogP contribution in [0.4, 0.5) is 0 Å². The van der Waals surface area contributed by atoms with Crippen molar-refractivity contribution < 1.29 is 4.42 Å². The quantitative estimate of drug-likeness (QED) is 0.591. The summed E-state index contributed by atoms with van der Waals surface area (Å²) in [6.45, 7) is 6.38. The second-order valence-corrected chi connectivity index (χ2v) is 4.60. The van der Waals surface area contributed by atoms with Crippen molar-refractivity contribution in [3.63, 3.8) is 0 Å². The highest BCUT2D eigenvalue weighted by Gasteiger charge is 2.25. The van der Waals surface area contributed by atoms with Crippen molar-refractivity contribution in [3.8, 4) is 0 Å². The molecule has 2 heteroatoms. The van der Waals surface area contributed by atoms with Crippen LogP contribution in [-0.2, 0) is 6.42 Å². The van der Waals surface area contributed by atoms with Crippen molar-refractivity contribution in [2.24, 2.45) is 0 Å². The van der Waals surface area contributed by atoms with Gasteiger partial charge in [-0.1, -0.05) is 6.92 Å². The van der Waals surface area contributed by atoms with Crippen LogP contribution in [0.25, 0.3) is 0 Å². The monoisotopic (exact) mass is 168 g/mol. The highest BCUT2D eigenvalue weighted by atomic mass is 32.2. The fourth-order valence-corrected chi connectivity index (χ4v) is 2.86. The van der Waals surface area contributed by atoms with Gasteiger partial charge in [0.05, 0.1) is 4.90 Å². The van der Waals surface area contributed by atoms with Crippen molar-refractivity contribution in [2.45, 2.75) is 37.3 Å². The van der Waals surface area contributed by atoms with E-state index in [1.54, 1.807) is 0 Å². The third-order valence-electron chi connectivity index (χ3n) is 2.14. The highest BCUT2D eigenvalue weighted by molar-refractivity contribution is 8.00. The van der Waals surface area contributed by atoms with Crippen LogP contribution < -0.4 is 0 Å². The average molecular weight is 168 g/mol. The van der Waals surface area contributed by atoms with Gasteiger partial charge in [-0.25, -0.2) is 0 Å². The van der Waals surface area contributed by atoms with E-state index >= 15 is 0 Å². The lowest BCUT2D eigenvalue weighted by atomic mass is 10.1. The minimum absolute atomic E-state index is 0.744. The average Bonchev–Trinajstić information content (AvgIpc) is 2.38. The van der Waals surface area contributed by atoms with Crippen molar-refractivity contribution in [3.05, 3.63) is 17.1 Å². The smallest absolute Gasteiger partial charge is 0.114 e. The van der Waals surface area contributed by atoms with E-state index in [9.17, 15) is 0 Å². The predicted octanol–water partition coefficient (Wildman–Crippen LogP) is 2.93. The van der Waals surface area contributed by atoms with E-state index in [0.29, 0.717) is 0 Å². The maximum Gasteiger partial charge on any atom is 0.114 e. The van der Waals surface area contributed by atoms with Crippen LogP contribution in [-0.4, -0.2) is 5.25 Å². The van der Waals surface area contributed by atoms with Crippen LogP contribution >= 0.6 is 11.8 Å². The number of hydrogen-bond acceptors (Lipinski definition) is 2. The summed E-state index contributed by atoms with van der Waals surface area (Å²) in [5.41, 5.74) is 1.44. The van der Waals surface area contributed by atoms with Crippen molar-refractivity contribution in [1.29, 1.82) is 0 Å². The summed E-state index contributed by atoms with van der Waals surface area (Å²) in [7, 11) is 0. The second kappa shape index (κ2) is 2.31. The van der Waals surface area contributed by atoms with E-state index in [1.807, 2.05) is 11.8 Å². The Hall–Kier alpha value is -0.370. The van der Waals surface area contributed by atoms with Crippen LogP contribution in [0.2, 0.25) is 0 Å². The molecule has 2 heterocycles. The van der Waals surface area contributed by atoms with Gasteiger partial charge in [0.2, 0.25) is 0 Å². The first-order chi connectivity index (χ1) is 5.18. The third-order valence-corrected chi connectivity index (χ3v) is 3.47. The Bertz CT molecular complexity index is 261. The molecule has 0 saturated carbocycles. The summed E-state index contributed by atoms with van der Waals surface area (Å²) >= 11 is 1.94. The molecular weight excluding hydrogens is 156 g/mol. The van der Waals surface area contributed by atoms with Crippen molar-refractivity contribution in [2.75, 3.05) is 0 Å². The van der Waals surface area contributed by atoms with Gasteiger partial charge in [-0.05, 0) is 20.3 Å². The molecule has 11 heavy (non-hydrogen) atoms. The summed E-state index contributed by atoms with van der Waals surface area (Å²) in [4.78, 5) is 1.40. The Morgan fingerprint density at radius 3 is 2.73 bits per heavy atom. The van der Waals surface area contributed by atoms with Crippen molar-refractivity contribution >= 4 is 11.8 Å². The molecule has 0 bridgehead atoms. The van der Waals surface area contributed by atoms with E-state index < -0.39 is 0 Å². The van der Waals surface area contributed by atoms with Gasteiger partial charge in [0, 0.05) is 10.8 Å². The van der Waals surface area contributed by atoms with Gasteiger partial charge < -0.3 is 4.42 Å². The number of aryl methyl sites for hydroxylation is 2. The van der Waals surface area contributed by atoms with E-state index in [0.717, 1.165) is 16.8 Å². The van der Waals surface area contributed by atoms with E-state index in [1.165, 1.54) is 16.9 Å². The van der Waals surface area contributed by atoms with Crippen LogP contribution in [0.5, 0.6) is 0 Å². The Kier molecular flexibility index (Phi) is 1.53. The zero-order chi connectivity index (χ0) is 8.01. The van der Waals surface area contributed by atoms with E-state index in [4.69, 9.17) is 4.42 Å². The van der Waals surface area contributed by atoms with Gasteiger partial charge in [-0.15, -0.1) is 11.8 Å². The third kappa shape index (κ3) is 1.00. The van der Waals surface area contributed by atoms with Crippen LogP contribution in [0.1, 0.15) is 24.0 Å². The highest BCUT2D eigenvalue weighted by Crippen LogP contribution is 2.41. The Balaban J connectivity index is 2.51. The molecule has 1 aromatic heterocycles. The summed E-state index contributed by atoms with van der Waals surface area (Å²) < 4.78 is 5.51. The topological polar surface area (TPSA) is 13.1 Å². The van der Waals surface area contributed by atoms with Gasteiger partial charge in [-0.2, -0.15) is 0 Å². The molecule has 0 radical (unpaired) electrons.